The van der Waals surface area contributed by atoms with Crippen LogP contribution in [0.3, 0.4) is 0 Å². The molecule has 2 N–H and O–H groups in total. The van der Waals surface area contributed by atoms with Crippen LogP contribution in [0.5, 0.6) is 0 Å². The van der Waals surface area contributed by atoms with Crippen LogP contribution in [0.15, 0.2) is 12.2 Å². The molecule has 0 saturated heterocycles. The van der Waals surface area contributed by atoms with Crippen molar-refractivity contribution >= 4 is 5.91 Å². The van der Waals surface area contributed by atoms with Crippen LogP contribution < -0.4 is 5.32 Å². The molecule has 0 aliphatic heterocycles. The number of hydrogen-bond acceptors (Lipinski definition) is 3. The molecule has 0 unspecified atom stereocenters. The fourth-order valence-electron chi connectivity index (χ4n) is 2.75. The Kier molecular flexibility index (Phi) is 17.8. The predicted molar refractivity (Wildman–Crippen MR) is 103 cm³/mol. The van der Waals surface area contributed by atoms with E-state index in [0.29, 0.717) is 13.0 Å². The van der Waals surface area contributed by atoms with Crippen molar-refractivity contribution in [3.63, 3.8) is 0 Å². The first-order valence-corrected chi connectivity index (χ1v) is 9.95. The maximum Gasteiger partial charge on any atom is 0.220 e. The van der Waals surface area contributed by atoms with Gasteiger partial charge in [-0.15, -0.1) is 0 Å². The first kappa shape index (κ1) is 23.1. The molecule has 4 heteroatoms. The highest BCUT2D eigenvalue weighted by atomic mass is 16.2. The van der Waals surface area contributed by atoms with Crippen LogP contribution in [-0.4, -0.2) is 48.7 Å². The predicted octanol–water partition coefficient (Wildman–Crippen LogP) is 3.89. The largest absolute Gasteiger partial charge is 0.396 e. The highest BCUT2D eigenvalue weighted by molar-refractivity contribution is 5.75. The average Bonchev–Trinajstić information content (AvgIpc) is 2.59. The smallest absolute Gasteiger partial charge is 0.220 e. The third-order valence-corrected chi connectivity index (χ3v) is 4.34. The van der Waals surface area contributed by atoms with Crippen molar-refractivity contribution in [1.82, 2.24) is 10.2 Å². The molecule has 142 valence electrons. The lowest BCUT2D eigenvalue weighted by Crippen LogP contribution is -2.35. The van der Waals surface area contributed by atoms with Gasteiger partial charge in [0.25, 0.3) is 0 Å². The van der Waals surface area contributed by atoms with Crippen molar-refractivity contribution in [3.05, 3.63) is 12.2 Å². The van der Waals surface area contributed by atoms with Gasteiger partial charge in [-0.1, -0.05) is 51.2 Å². The molecule has 0 rings (SSSR count). The molecule has 0 heterocycles. The van der Waals surface area contributed by atoms with E-state index in [1.165, 1.54) is 32.1 Å². The normalized spacial score (nSPS) is 11.5. The van der Waals surface area contributed by atoms with Gasteiger partial charge in [0.05, 0.1) is 0 Å². The Hall–Kier alpha value is -0.870. The van der Waals surface area contributed by atoms with Gasteiger partial charge in [-0.05, 0) is 45.7 Å². The molecule has 0 fully saturated rings. The number of rotatable bonds is 17. The van der Waals surface area contributed by atoms with Gasteiger partial charge >= 0.3 is 0 Å². The number of amides is 1. The minimum Gasteiger partial charge on any atom is -0.396 e. The van der Waals surface area contributed by atoms with Crippen LogP contribution in [0.25, 0.3) is 0 Å². The molecule has 4 nitrogen and oxygen atoms in total. The van der Waals surface area contributed by atoms with Crippen molar-refractivity contribution in [2.45, 2.75) is 78.1 Å². The van der Waals surface area contributed by atoms with Crippen molar-refractivity contribution in [1.29, 1.82) is 0 Å². The van der Waals surface area contributed by atoms with E-state index in [2.05, 4.69) is 23.2 Å². The number of unbranched alkanes of at least 4 members (excludes halogenated alkanes) is 7. The molecular weight excluding hydrogens is 300 g/mol. The average molecular weight is 341 g/mol. The van der Waals surface area contributed by atoms with Crippen molar-refractivity contribution in [2.24, 2.45) is 0 Å². The summed E-state index contributed by atoms with van der Waals surface area (Å²) < 4.78 is 0. The molecule has 0 aliphatic carbocycles. The number of allylic oxidation sites excluding steroid dienone is 2. The van der Waals surface area contributed by atoms with Gasteiger partial charge in [-0.3, -0.25) is 4.79 Å². The van der Waals surface area contributed by atoms with E-state index >= 15 is 0 Å². The summed E-state index contributed by atoms with van der Waals surface area (Å²) in [7, 11) is 0. The van der Waals surface area contributed by atoms with Gasteiger partial charge in [0.1, 0.15) is 0 Å². The van der Waals surface area contributed by atoms with Gasteiger partial charge in [-0.2, -0.15) is 0 Å². The molecule has 0 radical (unpaired) electrons. The number of carbonyl (C=O) groups excluding carboxylic acids is 1. The molecule has 0 atom stereocenters. The zero-order valence-corrected chi connectivity index (χ0v) is 16.1. The number of aliphatic hydroxyl groups excluding tert-OH is 1. The molecule has 0 aliphatic rings. The molecule has 0 aromatic carbocycles. The van der Waals surface area contributed by atoms with Crippen molar-refractivity contribution in [2.75, 3.05) is 32.8 Å². The fraction of sp³-hybridized carbons (Fsp3) is 0.850. The summed E-state index contributed by atoms with van der Waals surface area (Å²) in [6.45, 7) is 8.42. The van der Waals surface area contributed by atoms with E-state index < -0.39 is 0 Å². The molecule has 24 heavy (non-hydrogen) atoms. The van der Waals surface area contributed by atoms with E-state index in [0.717, 1.165) is 51.9 Å². The molecule has 0 aromatic heterocycles. The number of likely N-dealkylation sites (N-methyl/N-ethyl adjacent to an activating group) is 1. The second-order valence-electron chi connectivity index (χ2n) is 6.44. The first-order valence-electron chi connectivity index (χ1n) is 9.95. The summed E-state index contributed by atoms with van der Waals surface area (Å²) in [6, 6.07) is 0. The number of hydrogen-bond donors (Lipinski definition) is 2. The maximum atomic E-state index is 11.7. The standard InChI is InChI=1S/C20H40N2O2/c1-3-5-6-12-15-20(24)21-16-18-22(4-2)17-13-10-8-7-9-11-14-19-23/h3,5,23H,4,6-19H2,1-2H3,(H,21,24)/b5-3+. The maximum absolute atomic E-state index is 11.7. The summed E-state index contributed by atoms with van der Waals surface area (Å²) in [5.74, 6) is 0.179. The molecule has 0 bridgehead atoms. The summed E-state index contributed by atoms with van der Waals surface area (Å²) >= 11 is 0. The summed E-state index contributed by atoms with van der Waals surface area (Å²) in [5, 5.41) is 11.8. The van der Waals surface area contributed by atoms with E-state index in [9.17, 15) is 4.79 Å². The van der Waals surface area contributed by atoms with Gasteiger partial charge in [0.15, 0.2) is 0 Å². The monoisotopic (exact) mass is 340 g/mol. The van der Waals surface area contributed by atoms with Crippen LogP contribution in [0.2, 0.25) is 0 Å². The van der Waals surface area contributed by atoms with E-state index in [-0.39, 0.29) is 5.91 Å². The van der Waals surface area contributed by atoms with Crippen LogP contribution in [-0.2, 0) is 4.79 Å². The Morgan fingerprint density at radius 1 is 1.00 bits per heavy atom. The minimum absolute atomic E-state index is 0.179. The second kappa shape index (κ2) is 18.5. The third-order valence-electron chi connectivity index (χ3n) is 4.34. The van der Waals surface area contributed by atoms with Crippen LogP contribution >= 0.6 is 0 Å². The van der Waals surface area contributed by atoms with Gasteiger partial charge in [0.2, 0.25) is 5.91 Å². The van der Waals surface area contributed by atoms with E-state index in [1.807, 2.05) is 13.0 Å². The first-order chi connectivity index (χ1) is 11.7. The third kappa shape index (κ3) is 16.0. The highest BCUT2D eigenvalue weighted by Crippen LogP contribution is 2.07. The summed E-state index contributed by atoms with van der Waals surface area (Å²) in [4.78, 5) is 14.1. The zero-order chi connectivity index (χ0) is 17.9. The van der Waals surface area contributed by atoms with Gasteiger partial charge in [0, 0.05) is 26.1 Å². The summed E-state index contributed by atoms with van der Waals surface area (Å²) in [6.07, 6.45) is 15.2. The van der Waals surface area contributed by atoms with Crippen LogP contribution in [0.1, 0.15) is 78.1 Å². The van der Waals surface area contributed by atoms with Gasteiger partial charge < -0.3 is 15.3 Å². The topological polar surface area (TPSA) is 52.6 Å². The Morgan fingerprint density at radius 2 is 1.67 bits per heavy atom. The fourth-order valence-corrected chi connectivity index (χ4v) is 2.75. The van der Waals surface area contributed by atoms with E-state index in [1.54, 1.807) is 0 Å². The molecule has 0 saturated carbocycles. The lowest BCUT2D eigenvalue weighted by molar-refractivity contribution is -0.121. The quantitative estimate of drug-likeness (QED) is 0.312. The summed E-state index contributed by atoms with van der Waals surface area (Å²) in [5.41, 5.74) is 0. The Labute approximate surface area is 149 Å². The highest BCUT2D eigenvalue weighted by Gasteiger charge is 2.04. The van der Waals surface area contributed by atoms with E-state index in [4.69, 9.17) is 5.11 Å². The zero-order valence-electron chi connectivity index (χ0n) is 16.1. The van der Waals surface area contributed by atoms with Gasteiger partial charge in [-0.25, -0.2) is 0 Å². The molecule has 0 aromatic rings. The van der Waals surface area contributed by atoms with Crippen molar-refractivity contribution in [3.8, 4) is 0 Å². The molecule has 0 spiro atoms. The number of nitrogens with one attached hydrogen (secondary N) is 1. The lowest BCUT2D eigenvalue weighted by Gasteiger charge is -2.20. The van der Waals surface area contributed by atoms with Crippen LogP contribution in [0.4, 0.5) is 0 Å². The Morgan fingerprint density at radius 3 is 2.29 bits per heavy atom. The second-order valence-corrected chi connectivity index (χ2v) is 6.44. The molecular formula is C20H40N2O2. The Bertz CT molecular complexity index is 306. The number of nitrogens with zero attached hydrogens (tertiary/aromatic N) is 1. The van der Waals surface area contributed by atoms with Crippen molar-refractivity contribution < 1.29 is 9.90 Å². The number of carbonyl (C=O) groups is 1. The lowest BCUT2D eigenvalue weighted by atomic mass is 10.1. The number of aliphatic hydroxyl groups is 1. The van der Waals surface area contributed by atoms with Crippen LogP contribution in [0, 0.1) is 0 Å². The Balaban J connectivity index is 3.50. The SMILES string of the molecule is C/C=C/CCCC(=O)NCCN(CC)CCCCCCCCCO. The molecule has 1 amide bonds. The minimum atomic E-state index is 0.179.